The number of halogens is 1. The summed E-state index contributed by atoms with van der Waals surface area (Å²) in [6.45, 7) is 1.41. The fourth-order valence-electron chi connectivity index (χ4n) is 2.30. The van der Waals surface area contributed by atoms with Gasteiger partial charge in [0.25, 0.3) is 5.91 Å². The molecule has 6 nitrogen and oxygen atoms in total. The van der Waals surface area contributed by atoms with Gasteiger partial charge in [0.05, 0.1) is 5.56 Å². The van der Waals surface area contributed by atoms with E-state index in [-0.39, 0.29) is 17.3 Å². The summed E-state index contributed by atoms with van der Waals surface area (Å²) in [6.07, 6.45) is 2.75. The van der Waals surface area contributed by atoms with Crippen molar-refractivity contribution in [2.45, 2.75) is 6.92 Å². The van der Waals surface area contributed by atoms with Gasteiger partial charge < -0.3 is 10.6 Å². The zero-order chi connectivity index (χ0) is 18.5. The number of aromatic nitrogens is 2. The maximum Gasteiger partial charge on any atom is 0.258 e. The highest BCUT2D eigenvalue weighted by atomic mass is 19.1. The minimum absolute atomic E-state index is 0.199. The monoisotopic (exact) mass is 350 g/mol. The van der Waals surface area contributed by atoms with Gasteiger partial charge in [0, 0.05) is 36.3 Å². The number of anilines is 2. The van der Waals surface area contributed by atoms with Gasteiger partial charge in [-0.15, -0.1) is 0 Å². The summed E-state index contributed by atoms with van der Waals surface area (Å²) in [6, 6.07) is 12.7. The molecule has 1 aromatic heterocycles. The second-order valence-corrected chi connectivity index (χ2v) is 5.52. The Morgan fingerprint density at radius 2 is 1.58 bits per heavy atom. The van der Waals surface area contributed by atoms with Gasteiger partial charge in [-0.1, -0.05) is 18.2 Å². The molecule has 2 aromatic carbocycles. The van der Waals surface area contributed by atoms with E-state index in [0.717, 1.165) is 0 Å². The third-order valence-electron chi connectivity index (χ3n) is 3.44. The first-order valence-electron chi connectivity index (χ1n) is 7.78. The standard InChI is InChI=1S/C19H15FN4O2/c1-12(25)23-16-6-3-7-17(9-16)24-19(26)14-10-21-18(22-11-14)13-4-2-5-15(20)8-13/h2-11H,1H3,(H,23,25)(H,24,26). The Labute approximate surface area is 149 Å². The first kappa shape index (κ1) is 17.2. The first-order chi connectivity index (χ1) is 12.5. The lowest BCUT2D eigenvalue weighted by molar-refractivity contribution is -0.114. The molecule has 1 heterocycles. The van der Waals surface area contributed by atoms with Gasteiger partial charge in [0.15, 0.2) is 5.82 Å². The number of nitrogens with zero attached hydrogens (tertiary/aromatic N) is 2. The minimum Gasteiger partial charge on any atom is -0.326 e. The van der Waals surface area contributed by atoms with E-state index >= 15 is 0 Å². The molecule has 0 saturated heterocycles. The van der Waals surface area contributed by atoms with E-state index in [2.05, 4.69) is 20.6 Å². The summed E-state index contributed by atoms with van der Waals surface area (Å²) in [5.41, 5.74) is 1.89. The van der Waals surface area contributed by atoms with Crippen molar-refractivity contribution in [3.8, 4) is 11.4 Å². The highest BCUT2D eigenvalue weighted by Crippen LogP contribution is 2.17. The smallest absolute Gasteiger partial charge is 0.258 e. The lowest BCUT2D eigenvalue weighted by Gasteiger charge is -2.08. The van der Waals surface area contributed by atoms with Gasteiger partial charge in [-0.2, -0.15) is 0 Å². The van der Waals surface area contributed by atoms with Gasteiger partial charge in [0.2, 0.25) is 5.91 Å². The van der Waals surface area contributed by atoms with Crippen LogP contribution in [0.15, 0.2) is 60.9 Å². The van der Waals surface area contributed by atoms with Gasteiger partial charge in [0.1, 0.15) is 5.82 Å². The molecule has 0 aliphatic heterocycles. The third-order valence-corrected chi connectivity index (χ3v) is 3.44. The number of nitrogens with one attached hydrogen (secondary N) is 2. The molecule has 0 aliphatic carbocycles. The summed E-state index contributed by atoms with van der Waals surface area (Å²) in [7, 11) is 0. The predicted molar refractivity (Wildman–Crippen MR) is 96.1 cm³/mol. The minimum atomic E-state index is -0.393. The fourth-order valence-corrected chi connectivity index (χ4v) is 2.30. The Hall–Kier alpha value is -3.61. The number of benzene rings is 2. The van der Waals surface area contributed by atoms with Crippen molar-refractivity contribution < 1.29 is 14.0 Å². The van der Waals surface area contributed by atoms with Crippen LogP contribution in [0.2, 0.25) is 0 Å². The number of hydrogen-bond donors (Lipinski definition) is 2. The molecular formula is C19H15FN4O2. The lowest BCUT2D eigenvalue weighted by Crippen LogP contribution is -2.13. The summed E-state index contributed by atoms with van der Waals surface area (Å²) in [5, 5.41) is 5.35. The molecule has 0 spiro atoms. The van der Waals surface area contributed by atoms with Gasteiger partial charge in [-0.25, -0.2) is 14.4 Å². The Bertz CT molecular complexity index is 958. The van der Waals surface area contributed by atoms with Crippen LogP contribution in [0.5, 0.6) is 0 Å². The Morgan fingerprint density at radius 1 is 0.923 bits per heavy atom. The van der Waals surface area contributed by atoms with E-state index in [1.165, 1.54) is 31.5 Å². The highest BCUT2D eigenvalue weighted by molar-refractivity contribution is 6.04. The van der Waals surface area contributed by atoms with Gasteiger partial charge >= 0.3 is 0 Å². The molecule has 2 amide bonds. The molecule has 3 aromatic rings. The van der Waals surface area contributed by atoms with E-state index in [0.29, 0.717) is 22.8 Å². The summed E-state index contributed by atoms with van der Waals surface area (Å²) >= 11 is 0. The number of hydrogen-bond acceptors (Lipinski definition) is 4. The molecular weight excluding hydrogens is 335 g/mol. The molecule has 0 fully saturated rings. The average Bonchev–Trinajstić information content (AvgIpc) is 2.61. The topological polar surface area (TPSA) is 84.0 Å². The van der Waals surface area contributed by atoms with Crippen LogP contribution in [-0.2, 0) is 4.79 Å². The SMILES string of the molecule is CC(=O)Nc1cccc(NC(=O)c2cnc(-c3cccc(F)c3)nc2)c1. The molecule has 0 aliphatic rings. The van der Waals surface area contributed by atoms with Crippen LogP contribution in [0.25, 0.3) is 11.4 Å². The van der Waals surface area contributed by atoms with Crippen molar-refractivity contribution in [3.05, 3.63) is 72.3 Å². The lowest BCUT2D eigenvalue weighted by atomic mass is 10.2. The van der Waals surface area contributed by atoms with Gasteiger partial charge in [-0.3, -0.25) is 9.59 Å². The summed E-state index contributed by atoms with van der Waals surface area (Å²) < 4.78 is 13.3. The third kappa shape index (κ3) is 4.27. The number of carbonyl (C=O) groups excluding carboxylic acids is 2. The van der Waals surface area contributed by atoms with Gasteiger partial charge in [-0.05, 0) is 30.3 Å². The van der Waals surface area contributed by atoms with Crippen molar-refractivity contribution in [1.29, 1.82) is 0 Å². The van der Waals surface area contributed by atoms with Crippen molar-refractivity contribution in [2.75, 3.05) is 10.6 Å². The van der Waals surface area contributed by atoms with Crippen LogP contribution in [0.4, 0.5) is 15.8 Å². The normalized spacial score (nSPS) is 10.2. The number of carbonyl (C=O) groups is 2. The summed E-state index contributed by atoms with van der Waals surface area (Å²) in [4.78, 5) is 31.6. The molecule has 0 bridgehead atoms. The van der Waals surface area contributed by atoms with Crippen LogP contribution in [0, 0.1) is 5.82 Å². The van der Waals surface area contributed by atoms with E-state index in [1.54, 1.807) is 36.4 Å². The van der Waals surface area contributed by atoms with E-state index in [4.69, 9.17) is 0 Å². The maximum atomic E-state index is 13.3. The highest BCUT2D eigenvalue weighted by Gasteiger charge is 2.09. The first-order valence-corrected chi connectivity index (χ1v) is 7.78. The van der Waals surface area contributed by atoms with Crippen LogP contribution in [0.3, 0.4) is 0 Å². The van der Waals surface area contributed by atoms with Crippen molar-refractivity contribution in [1.82, 2.24) is 9.97 Å². The van der Waals surface area contributed by atoms with Crippen molar-refractivity contribution in [3.63, 3.8) is 0 Å². The van der Waals surface area contributed by atoms with E-state index < -0.39 is 5.91 Å². The Morgan fingerprint density at radius 3 is 2.23 bits per heavy atom. The second-order valence-electron chi connectivity index (χ2n) is 5.52. The van der Waals surface area contributed by atoms with Crippen molar-refractivity contribution in [2.24, 2.45) is 0 Å². The summed E-state index contributed by atoms with van der Waals surface area (Å²) in [5.74, 6) is -0.647. The fraction of sp³-hybridized carbons (Fsp3) is 0.0526. The van der Waals surface area contributed by atoms with Crippen LogP contribution < -0.4 is 10.6 Å². The zero-order valence-electron chi connectivity index (χ0n) is 13.9. The van der Waals surface area contributed by atoms with Crippen LogP contribution in [0.1, 0.15) is 17.3 Å². The molecule has 2 N–H and O–H groups in total. The number of amides is 2. The molecule has 0 saturated carbocycles. The molecule has 7 heteroatoms. The molecule has 0 radical (unpaired) electrons. The molecule has 0 unspecified atom stereocenters. The van der Waals surface area contributed by atoms with Crippen LogP contribution >= 0.6 is 0 Å². The van der Waals surface area contributed by atoms with E-state index in [9.17, 15) is 14.0 Å². The van der Waals surface area contributed by atoms with Crippen LogP contribution in [-0.4, -0.2) is 21.8 Å². The molecule has 26 heavy (non-hydrogen) atoms. The zero-order valence-corrected chi connectivity index (χ0v) is 13.9. The largest absolute Gasteiger partial charge is 0.326 e. The Kier molecular flexibility index (Phi) is 4.98. The second kappa shape index (κ2) is 7.52. The molecule has 3 rings (SSSR count). The van der Waals surface area contributed by atoms with Crippen molar-refractivity contribution >= 4 is 23.2 Å². The molecule has 0 atom stereocenters. The molecule has 130 valence electrons. The quantitative estimate of drug-likeness (QED) is 0.754. The maximum absolute atomic E-state index is 13.3. The van der Waals surface area contributed by atoms with E-state index in [1.807, 2.05) is 0 Å². The Balaban J connectivity index is 1.73. The average molecular weight is 350 g/mol. The number of rotatable bonds is 4. The predicted octanol–water partition coefficient (Wildman–Crippen LogP) is 3.49.